The number of hydrogen-bond donors (Lipinski definition) is 0. The van der Waals surface area contributed by atoms with Crippen LogP contribution in [0.4, 0.5) is 11.8 Å². The summed E-state index contributed by atoms with van der Waals surface area (Å²) in [6, 6.07) is 8.84. The highest BCUT2D eigenvalue weighted by Gasteiger charge is 2.25. The molecule has 1 fully saturated rings. The first-order valence-electron chi connectivity index (χ1n) is 10.1. The number of benzene rings is 1. The first kappa shape index (κ1) is 19.6. The molecule has 1 aliphatic heterocycles. The molecule has 4 rings (SSSR count). The van der Waals surface area contributed by atoms with Crippen LogP contribution >= 0.6 is 0 Å². The number of anilines is 2. The molecule has 0 aliphatic carbocycles. The van der Waals surface area contributed by atoms with Crippen LogP contribution in [0.5, 0.6) is 0 Å². The van der Waals surface area contributed by atoms with Gasteiger partial charge in [-0.2, -0.15) is 4.98 Å². The third-order valence-electron chi connectivity index (χ3n) is 5.13. The summed E-state index contributed by atoms with van der Waals surface area (Å²) in [5.74, 6) is 1.81. The molecule has 0 spiro atoms. The van der Waals surface area contributed by atoms with Crippen LogP contribution in [0.2, 0.25) is 0 Å². The van der Waals surface area contributed by atoms with Crippen LogP contribution in [0.25, 0.3) is 11.1 Å². The average Bonchev–Trinajstić information content (AvgIpc) is 3.10. The second-order valence-electron chi connectivity index (χ2n) is 8.67. The molecule has 3 heterocycles. The van der Waals surface area contributed by atoms with E-state index < -0.39 is 0 Å². The van der Waals surface area contributed by atoms with E-state index in [9.17, 15) is 0 Å². The van der Waals surface area contributed by atoms with Crippen molar-refractivity contribution in [2.45, 2.75) is 39.7 Å². The predicted octanol–water partition coefficient (Wildman–Crippen LogP) is 3.70. The Bertz CT molecular complexity index is 1000. The molecular formula is C22H29N5O2. The van der Waals surface area contributed by atoms with Crippen molar-refractivity contribution < 1.29 is 9.15 Å². The Hall–Kier alpha value is -2.67. The van der Waals surface area contributed by atoms with Crippen molar-refractivity contribution in [3.8, 4) is 0 Å². The lowest BCUT2D eigenvalue weighted by molar-refractivity contribution is 0.181. The Balaban J connectivity index is 1.52. The van der Waals surface area contributed by atoms with Crippen LogP contribution in [0.15, 0.2) is 28.7 Å². The van der Waals surface area contributed by atoms with Gasteiger partial charge in [0.25, 0.3) is 6.01 Å². The highest BCUT2D eigenvalue weighted by atomic mass is 16.5. The van der Waals surface area contributed by atoms with Crippen LogP contribution < -0.4 is 9.80 Å². The minimum absolute atomic E-state index is 0.114. The molecule has 0 amide bonds. The maximum absolute atomic E-state index is 5.97. The number of fused-ring (bicyclic) bond motifs is 1. The van der Waals surface area contributed by atoms with Gasteiger partial charge in [-0.05, 0) is 24.6 Å². The second kappa shape index (κ2) is 7.63. The first-order valence-corrected chi connectivity index (χ1v) is 10.1. The maximum atomic E-state index is 5.97. The molecule has 1 aromatic carbocycles. The lowest BCUT2D eigenvalue weighted by Gasteiger charge is -2.35. The number of rotatable bonds is 4. The van der Waals surface area contributed by atoms with Crippen molar-refractivity contribution in [1.82, 2.24) is 15.0 Å². The zero-order valence-electron chi connectivity index (χ0n) is 17.9. The smallest absolute Gasteiger partial charge is 0.298 e. The normalized spacial score (nSPS) is 15.3. The summed E-state index contributed by atoms with van der Waals surface area (Å²) in [5.41, 5.74) is 3.74. The van der Waals surface area contributed by atoms with Crippen LogP contribution in [-0.4, -0.2) is 48.2 Å². The van der Waals surface area contributed by atoms with E-state index in [2.05, 4.69) is 59.6 Å². The number of nitrogens with zero attached hydrogens (tertiary/aromatic N) is 5. The molecule has 3 aromatic rings. The van der Waals surface area contributed by atoms with E-state index in [0.717, 1.165) is 54.6 Å². The van der Waals surface area contributed by atoms with Crippen molar-refractivity contribution in [3.05, 3.63) is 41.3 Å². The van der Waals surface area contributed by atoms with Gasteiger partial charge in [-0.1, -0.05) is 26.8 Å². The summed E-state index contributed by atoms with van der Waals surface area (Å²) < 4.78 is 11.3. The Morgan fingerprint density at radius 1 is 1.00 bits per heavy atom. The molecule has 0 atom stereocenters. The summed E-state index contributed by atoms with van der Waals surface area (Å²) >= 11 is 0. The van der Waals surface area contributed by atoms with E-state index in [-0.39, 0.29) is 5.41 Å². The highest BCUT2D eigenvalue weighted by molar-refractivity contribution is 5.75. The molecule has 7 nitrogen and oxygen atoms in total. The van der Waals surface area contributed by atoms with Crippen molar-refractivity contribution >= 4 is 22.9 Å². The van der Waals surface area contributed by atoms with E-state index in [4.69, 9.17) is 14.1 Å². The van der Waals surface area contributed by atoms with E-state index in [1.807, 2.05) is 12.1 Å². The van der Waals surface area contributed by atoms with Gasteiger partial charge < -0.3 is 19.0 Å². The summed E-state index contributed by atoms with van der Waals surface area (Å²) in [6.45, 7) is 12.3. The summed E-state index contributed by atoms with van der Waals surface area (Å²) in [7, 11) is 1.69. The molecule has 7 heteroatoms. The van der Waals surface area contributed by atoms with Crippen LogP contribution in [0, 0.1) is 6.92 Å². The number of ether oxygens (including phenoxy) is 1. The predicted molar refractivity (Wildman–Crippen MR) is 115 cm³/mol. The van der Waals surface area contributed by atoms with Crippen molar-refractivity contribution in [2.75, 3.05) is 43.1 Å². The number of oxazole rings is 1. The Labute approximate surface area is 171 Å². The van der Waals surface area contributed by atoms with Gasteiger partial charge in [0.15, 0.2) is 5.58 Å². The molecule has 29 heavy (non-hydrogen) atoms. The lowest BCUT2D eigenvalue weighted by atomic mass is 9.95. The zero-order chi connectivity index (χ0) is 20.6. The molecular weight excluding hydrogens is 366 g/mol. The van der Waals surface area contributed by atoms with Crippen LogP contribution in [0.1, 0.15) is 37.9 Å². The molecule has 154 valence electrons. The van der Waals surface area contributed by atoms with E-state index >= 15 is 0 Å². The Kier molecular flexibility index (Phi) is 5.17. The average molecular weight is 396 g/mol. The fourth-order valence-corrected chi connectivity index (χ4v) is 3.49. The lowest BCUT2D eigenvalue weighted by Crippen LogP contribution is -2.47. The molecule has 1 saturated heterocycles. The minimum atomic E-state index is -0.114. The van der Waals surface area contributed by atoms with Gasteiger partial charge in [-0.3, -0.25) is 0 Å². The highest BCUT2D eigenvalue weighted by Crippen LogP contribution is 2.26. The summed E-state index contributed by atoms with van der Waals surface area (Å²) in [4.78, 5) is 18.7. The van der Waals surface area contributed by atoms with Crippen molar-refractivity contribution in [3.63, 3.8) is 0 Å². The van der Waals surface area contributed by atoms with Crippen LogP contribution in [0.3, 0.4) is 0 Å². The largest absolute Gasteiger partial charge is 0.423 e. The molecule has 0 N–H and O–H groups in total. The molecule has 0 radical (unpaired) electrons. The molecule has 1 aliphatic rings. The second-order valence-corrected chi connectivity index (χ2v) is 8.67. The third-order valence-corrected chi connectivity index (χ3v) is 5.13. The number of piperazine rings is 1. The quantitative estimate of drug-likeness (QED) is 0.667. The van der Waals surface area contributed by atoms with Gasteiger partial charge >= 0.3 is 0 Å². The van der Waals surface area contributed by atoms with Crippen molar-refractivity contribution in [2.24, 2.45) is 0 Å². The Morgan fingerprint density at radius 3 is 2.41 bits per heavy atom. The first-order chi connectivity index (χ1) is 13.8. The standard InChI is InChI=1S/C22H29N5O2/c1-15-6-7-18-17(12-15)24-21(29-18)27-10-8-26(9-11-27)19-13-16(14-28-5)23-20(25-19)22(2,3)4/h6-7,12-13H,8-11,14H2,1-5H3. The third kappa shape index (κ3) is 4.19. The van der Waals surface area contributed by atoms with E-state index in [1.54, 1.807) is 7.11 Å². The van der Waals surface area contributed by atoms with E-state index in [1.165, 1.54) is 5.56 Å². The zero-order valence-corrected chi connectivity index (χ0v) is 17.9. The van der Waals surface area contributed by atoms with E-state index in [0.29, 0.717) is 12.6 Å². The SMILES string of the molecule is COCc1cc(N2CCN(c3nc4cc(C)ccc4o3)CC2)nc(C(C)(C)C)n1. The van der Waals surface area contributed by atoms with Gasteiger partial charge in [0.2, 0.25) is 0 Å². The maximum Gasteiger partial charge on any atom is 0.298 e. The summed E-state index contributed by atoms with van der Waals surface area (Å²) in [6.07, 6.45) is 0. The molecule has 0 unspecified atom stereocenters. The summed E-state index contributed by atoms with van der Waals surface area (Å²) in [5, 5.41) is 0. The number of hydrogen-bond acceptors (Lipinski definition) is 7. The van der Waals surface area contributed by atoms with Crippen LogP contribution in [-0.2, 0) is 16.8 Å². The van der Waals surface area contributed by atoms with Gasteiger partial charge in [-0.15, -0.1) is 0 Å². The van der Waals surface area contributed by atoms with Gasteiger partial charge in [-0.25, -0.2) is 9.97 Å². The minimum Gasteiger partial charge on any atom is -0.423 e. The number of aromatic nitrogens is 3. The van der Waals surface area contributed by atoms with Gasteiger partial charge in [0.05, 0.1) is 12.3 Å². The van der Waals surface area contributed by atoms with Gasteiger partial charge in [0, 0.05) is 44.8 Å². The molecule has 0 bridgehead atoms. The topological polar surface area (TPSA) is 67.5 Å². The number of aryl methyl sites for hydroxylation is 1. The Morgan fingerprint density at radius 2 is 1.72 bits per heavy atom. The molecule has 2 aromatic heterocycles. The fraction of sp³-hybridized carbons (Fsp3) is 0.500. The van der Waals surface area contributed by atoms with Gasteiger partial charge in [0.1, 0.15) is 17.2 Å². The number of methoxy groups -OCH3 is 1. The monoisotopic (exact) mass is 395 g/mol. The fourth-order valence-electron chi connectivity index (χ4n) is 3.49. The van der Waals surface area contributed by atoms with Crippen molar-refractivity contribution in [1.29, 1.82) is 0 Å². The molecule has 0 saturated carbocycles.